The third-order valence-corrected chi connectivity index (χ3v) is 6.93. The Bertz CT molecular complexity index is 1250. The highest BCUT2D eigenvalue weighted by Gasteiger charge is 2.32. The predicted molar refractivity (Wildman–Crippen MR) is 115 cm³/mol. The van der Waals surface area contributed by atoms with Crippen molar-refractivity contribution in [2.24, 2.45) is 0 Å². The van der Waals surface area contributed by atoms with Gasteiger partial charge in [0.2, 0.25) is 10.0 Å². The topological polar surface area (TPSA) is 88.9 Å². The Morgan fingerprint density at radius 2 is 1.97 bits per heavy atom. The molecule has 0 radical (unpaired) electrons. The number of fused-ring (bicyclic) bond motifs is 1. The molecule has 1 aliphatic heterocycles. The van der Waals surface area contributed by atoms with Gasteiger partial charge in [-0.1, -0.05) is 0 Å². The lowest BCUT2D eigenvalue weighted by molar-refractivity contribution is 0.0964. The van der Waals surface area contributed by atoms with Gasteiger partial charge in [0.25, 0.3) is 5.91 Å². The number of hydrogen-bond donors (Lipinski definition) is 1. The van der Waals surface area contributed by atoms with E-state index in [1.165, 1.54) is 36.9 Å². The summed E-state index contributed by atoms with van der Waals surface area (Å²) >= 11 is 0. The van der Waals surface area contributed by atoms with Crippen LogP contribution in [0, 0.1) is 5.82 Å². The van der Waals surface area contributed by atoms with E-state index in [4.69, 9.17) is 9.15 Å². The van der Waals surface area contributed by atoms with Gasteiger partial charge in [0.15, 0.2) is 0 Å². The van der Waals surface area contributed by atoms with Crippen LogP contribution in [0.2, 0.25) is 0 Å². The van der Waals surface area contributed by atoms with Crippen LogP contribution in [0.4, 0.5) is 4.39 Å². The van der Waals surface area contributed by atoms with Crippen LogP contribution in [-0.2, 0) is 10.0 Å². The molecular formula is C22H23FN2O5S. The highest BCUT2D eigenvalue weighted by molar-refractivity contribution is 7.88. The summed E-state index contributed by atoms with van der Waals surface area (Å²) in [6.07, 6.45) is 1.86. The van der Waals surface area contributed by atoms with Crippen LogP contribution in [0.1, 0.15) is 28.3 Å². The van der Waals surface area contributed by atoms with Crippen LogP contribution in [0.25, 0.3) is 22.3 Å². The number of carbonyl (C=O) groups is 1. The minimum atomic E-state index is -3.28. The minimum Gasteiger partial charge on any atom is -0.496 e. The first-order valence-electron chi connectivity index (χ1n) is 9.80. The summed E-state index contributed by atoms with van der Waals surface area (Å²) in [4.78, 5) is 12.7. The Morgan fingerprint density at radius 3 is 2.55 bits per heavy atom. The number of halogens is 1. The van der Waals surface area contributed by atoms with Crippen molar-refractivity contribution < 1.29 is 26.8 Å². The molecule has 1 N–H and O–H groups in total. The molecule has 4 rings (SSSR count). The highest BCUT2D eigenvalue weighted by atomic mass is 32.2. The van der Waals surface area contributed by atoms with E-state index < -0.39 is 10.0 Å². The first-order chi connectivity index (χ1) is 14.7. The highest BCUT2D eigenvalue weighted by Crippen LogP contribution is 2.41. The molecule has 2 heterocycles. The summed E-state index contributed by atoms with van der Waals surface area (Å²) in [6.45, 7) is 0.793. The van der Waals surface area contributed by atoms with E-state index >= 15 is 0 Å². The fraction of sp³-hybridized carbons (Fsp3) is 0.318. The molecular weight excluding hydrogens is 423 g/mol. The summed E-state index contributed by atoms with van der Waals surface area (Å²) in [6, 6.07) is 9.27. The number of amides is 1. The number of carbonyl (C=O) groups excluding carboxylic acids is 1. The molecule has 1 amide bonds. The predicted octanol–water partition coefficient (Wildman–Crippen LogP) is 3.36. The normalized spacial score (nSPS) is 17.2. The summed E-state index contributed by atoms with van der Waals surface area (Å²) in [5.41, 5.74) is 2.20. The number of rotatable bonds is 5. The van der Waals surface area contributed by atoms with E-state index in [-0.39, 0.29) is 17.6 Å². The average Bonchev–Trinajstić information content (AvgIpc) is 3.37. The standard InChI is InChI=1S/C22H23FN2O5S/c1-24-22(26)20-17-11-18(29-2)16(14-8-9-25(12-14)31(3,27)28)10-19(17)30-21(20)13-4-6-15(23)7-5-13/h4-7,10-11,14H,8-9,12H2,1-3H3,(H,24,26). The average molecular weight is 447 g/mol. The monoisotopic (exact) mass is 446 g/mol. The van der Waals surface area contributed by atoms with Gasteiger partial charge in [0, 0.05) is 42.6 Å². The second-order valence-corrected chi connectivity index (χ2v) is 9.57. The summed E-state index contributed by atoms with van der Waals surface area (Å²) in [5.74, 6) is 0.109. The Labute approximate surface area is 179 Å². The number of nitrogens with zero attached hydrogens (tertiary/aromatic N) is 1. The molecule has 3 aromatic rings. The molecule has 31 heavy (non-hydrogen) atoms. The third-order valence-electron chi connectivity index (χ3n) is 5.66. The molecule has 0 aliphatic carbocycles. The summed E-state index contributed by atoms with van der Waals surface area (Å²) < 4.78 is 50.4. The molecule has 0 spiro atoms. The van der Waals surface area contributed by atoms with Crippen molar-refractivity contribution in [3.05, 3.63) is 53.3 Å². The Hall–Kier alpha value is -2.91. The van der Waals surface area contributed by atoms with E-state index in [1.54, 1.807) is 18.2 Å². The van der Waals surface area contributed by atoms with Crippen LogP contribution in [-0.4, -0.2) is 52.1 Å². The van der Waals surface area contributed by atoms with E-state index in [0.717, 1.165) is 5.56 Å². The Morgan fingerprint density at radius 1 is 1.26 bits per heavy atom. The molecule has 7 nitrogen and oxygen atoms in total. The fourth-order valence-electron chi connectivity index (χ4n) is 4.07. The molecule has 1 aliphatic rings. The third kappa shape index (κ3) is 3.90. The van der Waals surface area contributed by atoms with Crippen LogP contribution in [0.3, 0.4) is 0 Å². The number of methoxy groups -OCH3 is 1. The number of nitrogens with one attached hydrogen (secondary N) is 1. The van der Waals surface area contributed by atoms with E-state index in [2.05, 4.69) is 5.32 Å². The molecule has 9 heteroatoms. The van der Waals surface area contributed by atoms with Crippen molar-refractivity contribution in [2.75, 3.05) is 33.5 Å². The van der Waals surface area contributed by atoms with Crippen LogP contribution in [0.5, 0.6) is 5.75 Å². The van der Waals surface area contributed by atoms with Gasteiger partial charge in [-0.2, -0.15) is 0 Å². The van der Waals surface area contributed by atoms with Crippen molar-refractivity contribution >= 4 is 26.9 Å². The molecule has 1 aromatic heterocycles. The molecule has 164 valence electrons. The van der Waals surface area contributed by atoms with Gasteiger partial charge in [0.05, 0.1) is 18.9 Å². The lowest BCUT2D eigenvalue weighted by Gasteiger charge is -2.16. The van der Waals surface area contributed by atoms with Crippen molar-refractivity contribution in [1.29, 1.82) is 0 Å². The van der Waals surface area contributed by atoms with E-state index in [1.807, 2.05) is 6.07 Å². The van der Waals surface area contributed by atoms with Crippen LogP contribution in [0.15, 0.2) is 40.8 Å². The number of furan rings is 1. The Balaban J connectivity index is 1.87. The van der Waals surface area contributed by atoms with Gasteiger partial charge < -0.3 is 14.5 Å². The maximum absolute atomic E-state index is 13.4. The molecule has 2 aromatic carbocycles. The SMILES string of the molecule is CNC(=O)c1c(-c2ccc(F)cc2)oc2cc(C3CCN(S(C)(=O)=O)C3)c(OC)cc12. The van der Waals surface area contributed by atoms with Gasteiger partial charge in [-0.15, -0.1) is 0 Å². The molecule has 0 saturated carbocycles. The smallest absolute Gasteiger partial charge is 0.255 e. The van der Waals surface area contributed by atoms with Gasteiger partial charge in [0.1, 0.15) is 22.9 Å². The zero-order valence-electron chi connectivity index (χ0n) is 17.4. The molecule has 1 atom stereocenters. The number of sulfonamides is 1. The largest absolute Gasteiger partial charge is 0.496 e. The minimum absolute atomic E-state index is 0.0584. The van der Waals surface area contributed by atoms with Crippen LogP contribution >= 0.6 is 0 Å². The number of ether oxygens (including phenoxy) is 1. The number of hydrogen-bond acceptors (Lipinski definition) is 5. The molecule has 1 unspecified atom stereocenters. The van der Waals surface area contributed by atoms with Crippen molar-refractivity contribution in [1.82, 2.24) is 9.62 Å². The van der Waals surface area contributed by atoms with Crippen molar-refractivity contribution in [3.8, 4) is 17.1 Å². The summed E-state index contributed by atoms with van der Waals surface area (Å²) in [7, 11) is -0.213. The van der Waals surface area contributed by atoms with E-state index in [0.29, 0.717) is 53.1 Å². The second kappa shape index (κ2) is 7.97. The van der Waals surface area contributed by atoms with Crippen molar-refractivity contribution in [3.63, 3.8) is 0 Å². The first-order valence-corrected chi connectivity index (χ1v) is 11.6. The molecule has 0 bridgehead atoms. The van der Waals surface area contributed by atoms with Crippen molar-refractivity contribution in [2.45, 2.75) is 12.3 Å². The quantitative estimate of drug-likeness (QED) is 0.649. The zero-order valence-corrected chi connectivity index (χ0v) is 18.3. The van der Waals surface area contributed by atoms with Gasteiger partial charge in [-0.25, -0.2) is 17.1 Å². The zero-order chi connectivity index (χ0) is 22.3. The Kier molecular flexibility index (Phi) is 5.49. The van der Waals surface area contributed by atoms with Crippen LogP contribution < -0.4 is 10.1 Å². The first kappa shape index (κ1) is 21.3. The second-order valence-electron chi connectivity index (χ2n) is 7.59. The van der Waals surface area contributed by atoms with Gasteiger partial charge in [-0.3, -0.25) is 4.79 Å². The summed E-state index contributed by atoms with van der Waals surface area (Å²) in [5, 5.41) is 3.19. The number of benzene rings is 2. The van der Waals surface area contributed by atoms with Gasteiger partial charge >= 0.3 is 0 Å². The van der Waals surface area contributed by atoms with E-state index in [9.17, 15) is 17.6 Å². The molecule has 1 saturated heterocycles. The lowest BCUT2D eigenvalue weighted by atomic mass is 9.95. The lowest BCUT2D eigenvalue weighted by Crippen LogP contribution is -2.27. The maximum atomic E-state index is 13.4. The van der Waals surface area contributed by atoms with Gasteiger partial charge in [-0.05, 0) is 42.8 Å². The fourth-order valence-corrected chi connectivity index (χ4v) is 4.96. The maximum Gasteiger partial charge on any atom is 0.255 e. The molecule has 1 fully saturated rings.